The number of aliphatic hydroxyl groups excluding tert-OH is 1. The number of carbonyl (C=O) groups excluding carboxylic acids is 1. The largest absolute Gasteiger partial charge is 0.508 e. The number of amides is 1. The maximum absolute atomic E-state index is 17.0. The van der Waals surface area contributed by atoms with Gasteiger partial charge in [0.1, 0.15) is 41.2 Å². The first-order valence-electron chi connectivity index (χ1n) is 19.2. The molecule has 2 aromatic heterocycles. The van der Waals surface area contributed by atoms with Gasteiger partial charge in [0.15, 0.2) is 5.82 Å². The maximum atomic E-state index is 17.0. The van der Waals surface area contributed by atoms with Crippen LogP contribution < -0.4 is 15.0 Å². The van der Waals surface area contributed by atoms with Gasteiger partial charge in [0.05, 0.1) is 17.0 Å². The zero-order valence-corrected chi connectivity index (χ0v) is 31.1. The number of phenolic OH excluding ortho intramolecular Hbond substituents is 1. The predicted octanol–water partition coefficient (Wildman–Crippen LogP) is 5.08. The molecular formula is C39H51F2N7O5. The van der Waals surface area contributed by atoms with Crippen LogP contribution in [-0.4, -0.2) is 122 Å². The summed E-state index contributed by atoms with van der Waals surface area (Å²) in [6.45, 7) is 10.5. The highest BCUT2D eigenvalue weighted by Crippen LogP contribution is 2.44. The van der Waals surface area contributed by atoms with E-state index in [0.717, 1.165) is 56.2 Å². The Morgan fingerprint density at radius 1 is 1.15 bits per heavy atom. The van der Waals surface area contributed by atoms with E-state index >= 15 is 4.39 Å². The molecule has 3 aromatic rings. The van der Waals surface area contributed by atoms with Gasteiger partial charge < -0.3 is 29.9 Å². The monoisotopic (exact) mass is 735 g/mol. The van der Waals surface area contributed by atoms with Crippen molar-refractivity contribution in [2.24, 2.45) is 0 Å². The summed E-state index contributed by atoms with van der Waals surface area (Å²) in [6.07, 6.45) is 5.09. The van der Waals surface area contributed by atoms with Gasteiger partial charge in [-0.05, 0) is 95.0 Å². The second-order valence-corrected chi connectivity index (χ2v) is 16.9. The lowest BCUT2D eigenvalue weighted by molar-refractivity contribution is 0.0433. The number of aromatic hydroxyl groups is 1. The van der Waals surface area contributed by atoms with Crippen LogP contribution in [0.4, 0.5) is 19.4 Å². The van der Waals surface area contributed by atoms with Crippen LogP contribution in [-0.2, 0) is 11.2 Å². The molecule has 286 valence electrons. The number of benzene rings is 1. The van der Waals surface area contributed by atoms with Crippen molar-refractivity contribution in [2.75, 3.05) is 50.8 Å². The number of alkyl halides is 1. The lowest BCUT2D eigenvalue weighted by Crippen LogP contribution is -2.56. The fourth-order valence-electron chi connectivity index (χ4n) is 9.64. The van der Waals surface area contributed by atoms with Gasteiger partial charge in [0.2, 0.25) is 0 Å². The summed E-state index contributed by atoms with van der Waals surface area (Å²) < 4.78 is 43.2. The number of ether oxygens (including phenoxy) is 2. The summed E-state index contributed by atoms with van der Waals surface area (Å²) >= 11 is 0. The average molecular weight is 736 g/mol. The number of nitrogens with zero attached hydrogens (tertiary/aromatic N) is 6. The van der Waals surface area contributed by atoms with E-state index in [9.17, 15) is 19.4 Å². The molecule has 1 aliphatic carbocycles. The van der Waals surface area contributed by atoms with Crippen LogP contribution >= 0.6 is 0 Å². The summed E-state index contributed by atoms with van der Waals surface area (Å²) in [4.78, 5) is 33.0. The molecule has 14 heteroatoms. The highest BCUT2D eigenvalue weighted by Gasteiger charge is 2.49. The Labute approximate surface area is 308 Å². The standard InChI is InChI=1S/C39H51F2N7O5/c1-22-6-7-23-12-27(49)13-29(31(22)23)33-32(41)34-30(16-42-33)35(45-36(44-34)52-21-39-10-5-11-47(39)17-24(40)14-39)46-18-25-8-9-26(19-46)48(25)20-28(50)15-43-37(51)53-38(2,3)4/h12-13,16,22,24-26,28,49-50H,5-11,14-15,17-21H2,1-4H3,(H,43,51)/t22?,24-,25?,26?,28?,39+/m1/s1. The van der Waals surface area contributed by atoms with Gasteiger partial charge in [-0.3, -0.25) is 14.8 Å². The lowest BCUT2D eigenvalue weighted by atomic mass is 9.94. The molecule has 3 N–H and O–H groups in total. The fourth-order valence-corrected chi connectivity index (χ4v) is 9.64. The molecule has 1 amide bonds. The first-order valence-corrected chi connectivity index (χ1v) is 19.2. The third-order valence-electron chi connectivity index (χ3n) is 12.0. The Hall–Kier alpha value is -3.88. The van der Waals surface area contributed by atoms with E-state index in [0.29, 0.717) is 49.4 Å². The van der Waals surface area contributed by atoms with E-state index < -0.39 is 35.3 Å². The van der Waals surface area contributed by atoms with Gasteiger partial charge in [-0.25, -0.2) is 13.6 Å². The minimum absolute atomic E-state index is 0.0417. The molecular weight excluding hydrogens is 684 g/mol. The molecule has 4 saturated heterocycles. The highest BCUT2D eigenvalue weighted by atomic mass is 19.1. The van der Waals surface area contributed by atoms with E-state index in [2.05, 4.69) is 36.9 Å². The highest BCUT2D eigenvalue weighted by molar-refractivity contribution is 5.92. The molecule has 53 heavy (non-hydrogen) atoms. The summed E-state index contributed by atoms with van der Waals surface area (Å²) in [5.74, 6) is 0.186. The van der Waals surface area contributed by atoms with Crippen LogP contribution in [0.1, 0.15) is 83.3 Å². The van der Waals surface area contributed by atoms with Crippen LogP contribution in [0, 0.1) is 5.82 Å². The Kier molecular flexibility index (Phi) is 9.38. The number of aryl methyl sites for hydroxylation is 1. The normalized spacial score (nSPS) is 27.6. The third kappa shape index (κ3) is 6.98. The van der Waals surface area contributed by atoms with Crippen LogP contribution in [0.25, 0.3) is 22.2 Å². The molecule has 4 unspecified atom stereocenters. The number of hydrogen-bond acceptors (Lipinski definition) is 11. The van der Waals surface area contributed by atoms with Crippen molar-refractivity contribution in [1.29, 1.82) is 0 Å². The molecule has 1 aromatic carbocycles. The minimum Gasteiger partial charge on any atom is -0.508 e. The van der Waals surface area contributed by atoms with Crippen LogP contribution in [0.3, 0.4) is 0 Å². The molecule has 2 bridgehead atoms. The summed E-state index contributed by atoms with van der Waals surface area (Å²) in [6, 6.07) is 3.58. The number of alkyl carbamates (subject to hydrolysis) is 1. The quantitative estimate of drug-likeness (QED) is 0.272. The minimum atomic E-state index is -0.914. The van der Waals surface area contributed by atoms with Gasteiger partial charge in [0.25, 0.3) is 0 Å². The molecule has 0 radical (unpaired) electrons. The molecule has 8 rings (SSSR count). The van der Waals surface area contributed by atoms with Crippen molar-refractivity contribution < 1.29 is 33.3 Å². The number of hydrogen-bond donors (Lipinski definition) is 3. The molecule has 0 spiro atoms. The number of halogens is 2. The number of aliphatic hydroxyl groups is 1. The van der Waals surface area contributed by atoms with Crippen LogP contribution in [0.15, 0.2) is 18.3 Å². The van der Waals surface area contributed by atoms with Crippen molar-refractivity contribution in [3.8, 4) is 23.0 Å². The van der Waals surface area contributed by atoms with Crippen LogP contribution in [0.5, 0.6) is 11.8 Å². The number of carbonyl (C=O) groups is 1. The molecule has 4 aliphatic heterocycles. The van der Waals surface area contributed by atoms with Crippen molar-refractivity contribution in [3.63, 3.8) is 0 Å². The fraction of sp³-hybridized carbons (Fsp3) is 0.641. The van der Waals surface area contributed by atoms with Crippen molar-refractivity contribution in [2.45, 2.75) is 114 Å². The van der Waals surface area contributed by atoms with E-state index in [4.69, 9.17) is 14.5 Å². The smallest absolute Gasteiger partial charge is 0.407 e. The zero-order valence-electron chi connectivity index (χ0n) is 31.1. The summed E-state index contributed by atoms with van der Waals surface area (Å²) in [7, 11) is 0. The average Bonchev–Trinajstić information content (AvgIpc) is 3.80. The maximum Gasteiger partial charge on any atom is 0.407 e. The summed E-state index contributed by atoms with van der Waals surface area (Å²) in [5, 5.41) is 24.6. The molecule has 5 aliphatic rings. The van der Waals surface area contributed by atoms with E-state index in [1.54, 1.807) is 39.1 Å². The first kappa shape index (κ1) is 36.1. The number of piperazine rings is 1. The number of anilines is 1. The second-order valence-electron chi connectivity index (χ2n) is 16.9. The van der Waals surface area contributed by atoms with E-state index in [1.165, 1.54) is 0 Å². The first-order chi connectivity index (χ1) is 25.3. The summed E-state index contributed by atoms with van der Waals surface area (Å²) in [5.41, 5.74) is 1.73. The van der Waals surface area contributed by atoms with Gasteiger partial charge in [-0.2, -0.15) is 9.97 Å². The molecule has 4 fully saturated rings. The van der Waals surface area contributed by atoms with Crippen molar-refractivity contribution in [3.05, 3.63) is 35.3 Å². The Bertz CT molecular complexity index is 1880. The zero-order chi connectivity index (χ0) is 37.2. The number of aromatic nitrogens is 3. The Balaban J connectivity index is 1.09. The second kappa shape index (κ2) is 13.8. The number of fused-ring (bicyclic) bond motifs is 5. The topological polar surface area (TPSA) is 136 Å². The van der Waals surface area contributed by atoms with Gasteiger partial charge in [-0.1, -0.05) is 6.92 Å². The van der Waals surface area contributed by atoms with Crippen LogP contribution in [0.2, 0.25) is 0 Å². The van der Waals surface area contributed by atoms with Crippen molar-refractivity contribution in [1.82, 2.24) is 30.1 Å². The number of phenols is 1. The molecule has 12 nitrogen and oxygen atoms in total. The predicted molar refractivity (Wildman–Crippen MR) is 196 cm³/mol. The number of pyridine rings is 1. The molecule has 0 saturated carbocycles. The Morgan fingerprint density at radius 3 is 2.68 bits per heavy atom. The SMILES string of the molecule is CC1CCc2cc(O)cc(-c3ncc4c(N5CC6CCC(C5)N6CC(O)CNC(=O)OC(C)(C)C)nc(OC[C@@]56CCCN5C[C@H](F)C6)nc4c3F)c21. The van der Waals surface area contributed by atoms with Gasteiger partial charge >= 0.3 is 12.1 Å². The lowest BCUT2D eigenvalue weighted by Gasteiger charge is -2.42. The van der Waals surface area contributed by atoms with E-state index in [1.807, 2.05) is 0 Å². The molecule has 6 heterocycles. The van der Waals surface area contributed by atoms with Gasteiger partial charge in [0, 0.05) is 63.0 Å². The van der Waals surface area contributed by atoms with E-state index in [-0.39, 0.29) is 54.1 Å². The van der Waals surface area contributed by atoms with Gasteiger partial charge in [-0.15, -0.1) is 0 Å². The molecule has 6 atom stereocenters. The number of rotatable bonds is 9. The third-order valence-corrected chi connectivity index (χ3v) is 12.0. The van der Waals surface area contributed by atoms with Crippen molar-refractivity contribution >= 4 is 22.8 Å². The Morgan fingerprint density at radius 2 is 1.92 bits per heavy atom. The number of nitrogens with one attached hydrogen (secondary N) is 1.